The summed E-state index contributed by atoms with van der Waals surface area (Å²) < 4.78 is 0. The van der Waals surface area contributed by atoms with Crippen LogP contribution in [0.5, 0.6) is 0 Å². The van der Waals surface area contributed by atoms with Crippen LogP contribution in [0.2, 0.25) is 0 Å². The van der Waals surface area contributed by atoms with E-state index in [4.69, 9.17) is 0 Å². The van der Waals surface area contributed by atoms with E-state index in [9.17, 15) is 15.0 Å². The van der Waals surface area contributed by atoms with Crippen molar-refractivity contribution >= 4 is 5.91 Å². The van der Waals surface area contributed by atoms with Crippen LogP contribution in [0.15, 0.2) is 0 Å². The summed E-state index contributed by atoms with van der Waals surface area (Å²) in [7, 11) is 0. The maximum absolute atomic E-state index is 12.2. The van der Waals surface area contributed by atoms with Crippen LogP contribution in [0.3, 0.4) is 0 Å². The number of hydrogen-bond donors (Lipinski definition) is 2. The fourth-order valence-corrected chi connectivity index (χ4v) is 4.15. The Morgan fingerprint density at radius 2 is 1.67 bits per heavy atom. The maximum atomic E-state index is 12.2. The number of aliphatic hydroxyl groups excluding tert-OH is 2. The molecule has 1 amide bonds. The van der Waals surface area contributed by atoms with Crippen LogP contribution in [-0.4, -0.2) is 47.3 Å². The third-order valence-corrected chi connectivity index (χ3v) is 5.57. The molecule has 2 N–H and O–H groups in total. The van der Waals surface area contributed by atoms with Gasteiger partial charge in [-0.3, -0.25) is 4.79 Å². The molecule has 1 heterocycles. The number of aliphatic hydroxyl groups is 2. The molecule has 0 bridgehead atoms. The van der Waals surface area contributed by atoms with E-state index in [0.29, 0.717) is 30.1 Å². The molecule has 0 aromatic carbocycles. The van der Waals surface area contributed by atoms with E-state index in [1.54, 1.807) is 0 Å². The highest BCUT2D eigenvalue weighted by Gasteiger charge is 2.67. The molecule has 1 aliphatic heterocycles. The predicted octanol–water partition coefficient (Wildman–Crippen LogP) is 0.626. The topological polar surface area (TPSA) is 60.8 Å². The van der Waals surface area contributed by atoms with Crippen molar-refractivity contribution < 1.29 is 15.0 Å². The lowest BCUT2D eigenvalue weighted by atomic mass is 10.0. The highest BCUT2D eigenvalue weighted by Crippen LogP contribution is 2.62. The second-order valence-electron chi connectivity index (χ2n) is 6.42. The number of carbonyl (C=O) groups excluding carboxylic acids is 1. The van der Waals surface area contributed by atoms with E-state index in [1.807, 2.05) is 4.90 Å². The van der Waals surface area contributed by atoms with Crippen molar-refractivity contribution in [2.45, 2.75) is 32.1 Å². The standard InChI is InChI=1S/C14H23NO3/c16-8-14(9-17)11-6-15(7-12(11)14)13(18)5-10-3-1-2-4-10/h10-12,16-17H,1-9H2. The van der Waals surface area contributed by atoms with Crippen LogP contribution in [-0.2, 0) is 4.79 Å². The SMILES string of the molecule is O=C(CC1CCCC1)N1CC2C(C1)C2(CO)CO. The molecule has 1 saturated heterocycles. The summed E-state index contributed by atoms with van der Waals surface area (Å²) in [5.74, 6) is 1.56. The van der Waals surface area contributed by atoms with E-state index in [0.717, 1.165) is 13.1 Å². The molecule has 3 rings (SSSR count). The molecule has 4 heteroatoms. The fraction of sp³-hybridized carbons (Fsp3) is 0.929. The Morgan fingerprint density at radius 3 is 2.17 bits per heavy atom. The third-order valence-electron chi connectivity index (χ3n) is 5.57. The van der Waals surface area contributed by atoms with Gasteiger partial charge in [0, 0.05) is 24.9 Å². The number of rotatable bonds is 4. The quantitative estimate of drug-likeness (QED) is 0.772. The summed E-state index contributed by atoms with van der Waals surface area (Å²) in [6.07, 6.45) is 5.70. The normalized spacial score (nSPS) is 33.8. The average molecular weight is 253 g/mol. The number of hydrogen-bond acceptors (Lipinski definition) is 3. The summed E-state index contributed by atoms with van der Waals surface area (Å²) in [6, 6.07) is 0. The first-order valence-electron chi connectivity index (χ1n) is 7.21. The smallest absolute Gasteiger partial charge is 0.222 e. The molecule has 3 fully saturated rings. The zero-order valence-corrected chi connectivity index (χ0v) is 10.8. The number of piperidine rings is 1. The Balaban J connectivity index is 1.51. The van der Waals surface area contributed by atoms with Crippen LogP contribution >= 0.6 is 0 Å². The van der Waals surface area contributed by atoms with Crippen molar-refractivity contribution in [3.63, 3.8) is 0 Å². The number of fused-ring (bicyclic) bond motifs is 1. The zero-order chi connectivity index (χ0) is 12.8. The first-order valence-corrected chi connectivity index (χ1v) is 7.21. The lowest BCUT2D eigenvalue weighted by molar-refractivity contribution is -0.132. The van der Waals surface area contributed by atoms with Gasteiger partial charge < -0.3 is 15.1 Å². The monoisotopic (exact) mass is 253 g/mol. The van der Waals surface area contributed by atoms with Gasteiger partial charge in [0.05, 0.1) is 13.2 Å². The van der Waals surface area contributed by atoms with E-state index in [1.165, 1.54) is 25.7 Å². The Bertz CT molecular complexity index is 320. The fourth-order valence-electron chi connectivity index (χ4n) is 4.15. The minimum absolute atomic E-state index is 0.0590. The minimum Gasteiger partial charge on any atom is -0.396 e. The lowest BCUT2D eigenvalue weighted by Gasteiger charge is -2.25. The van der Waals surface area contributed by atoms with Crippen LogP contribution < -0.4 is 0 Å². The summed E-state index contributed by atoms with van der Waals surface area (Å²) in [4.78, 5) is 14.1. The van der Waals surface area contributed by atoms with Crippen LogP contribution in [0.25, 0.3) is 0 Å². The largest absolute Gasteiger partial charge is 0.396 e. The molecular weight excluding hydrogens is 230 g/mol. The highest BCUT2D eigenvalue weighted by atomic mass is 16.3. The molecule has 2 atom stereocenters. The van der Waals surface area contributed by atoms with Gasteiger partial charge in [-0.1, -0.05) is 12.8 Å². The molecule has 0 radical (unpaired) electrons. The Kier molecular flexibility index (Phi) is 3.10. The lowest BCUT2D eigenvalue weighted by Crippen LogP contribution is -2.36. The number of likely N-dealkylation sites (tertiary alicyclic amines) is 1. The Hall–Kier alpha value is -0.610. The van der Waals surface area contributed by atoms with Crippen molar-refractivity contribution in [3.05, 3.63) is 0 Å². The maximum Gasteiger partial charge on any atom is 0.222 e. The third kappa shape index (κ3) is 1.77. The van der Waals surface area contributed by atoms with Gasteiger partial charge in [-0.2, -0.15) is 0 Å². The van der Waals surface area contributed by atoms with Crippen molar-refractivity contribution in [3.8, 4) is 0 Å². The van der Waals surface area contributed by atoms with Gasteiger partial charge >= 0.3 is 0 Å². The van der Waals surface area contributed by atoms with Gasteiger partial charge in [-0.15, -0.1) is 0 Å². The first kappa shape index (κ1) is 12.4. The summed E-state index contributed by atoms with van der Waals surface area (Å²) >= 11 is 0. The molecule has 0 aromatic heterocycles. The summed E-state index contributed by atoms with van der Waals surface area (Å²) in [5.41, 5.74) is -0.274. The van der Waals surface area contributed by atoms with Gasteiger partial charge in [0.15, 0.2) is 0 Å². The number of nitrogens with zero attached hydrogens (tertiary/aromatic N) is 1. The van der Waals surface area contributed by atoms with Gasteiger partial charge in [0.2, 0.25) is 5.91 Å². The first-order chi connectivity index (χ1) is 8.71. The van der Waals surface area contributed by atoms with Crippen molar-refractivity contribution in [1.82, 2.24) is 4.90 Å². The molecule has 3 aliphatic rings. The van der Waals surface area contributed by atoms with Crippen LogP contribution in [0.4, 0.5) is 0 Å². The van der Waals surface area contributed by atoms with E-state index < -0.39 is 0 Å². The van der Waals surface area contributed by atoms with Gasteiger partial charge in [-0.25, -0.2) is 0 Å². The molecule has 2 unspecified atom stereocenters. The second kappa shape index (κ2) is 4.49. The predicted molar refractivity (Wildman–Crippen MR) is 66.7 cm³/mol. The van der Waals surface area contributed by atoms with E-state index in [-0.39, 0.29) is 18.6 Å². The van der Waals surface area contributed by atoms with Gasteiger partial charge in [0.25, 0.3) is 0 Å². The Labute approximate surface area is 108 Å². The second-order valence-corrected chi connectivity index (χ2v) is 6.42. The molecule has 102 valence electrons. The molecule has 0 spiro atoms. The van der Waals surface area contributed by atoms with E-state index in [2.05, 4.69) is 0 Å². The highest BCUT2D eigenvalue weighted by molar-refractivity contribution is 5.77. The molecule has 0 aromatic rings. The Morgan fingerprint density at radius 1 is 1.11 bits per heavy atom. The number of carbonyl (C=O) groups is 1. The van der Waals surface area contributed by atoms with Crippen molar-refractivity contribution in [2.75, 3.05) is 26.3 Å². The van der Waals surface area contributed by atoms with Gasteiger partial charge in [0.1, 0.15) is 0 Å². The number of amides is 1. The molecule has 18 heavy (non-hydrogen) atoms. The van der Waals surface area contributed by atoms with Gasteiger partial charge in [-0.05, 0) is 30.6 Å². The molecular formula is C14H23NO3. The van der Waals surface area contributed by atoms with Crippen LogP contribution in [0.1, 0.15) is 32.1 Å². The molecule has 2 aliphatic carbocycles. The molecule has 2 saturated carbocycles. The molecule has 4 nitrogen and oxygen atoms in total. The summed E-state index contributed by atoms with van der Waals surface area (Å²) in [5, 5.41) is 18.7. The summed E-state index contributed by atoms with van der Waals surface area (Å²) in [6.45, 7) is 1.61. The van der Waals surface area contributed by atoms with Crippen LogP contribution in [0, 0.1) is 23.2 Å². The average Bonchev–Trinajstić information content (AvgIpc) is 2.85. The van der Waals surface area contributed by atoms with Crippen molar-refractivity contribution in [2.24, 2.45) is 23.2 Å². The minimum atomic E-state index is -0.274. The van der Waals surface area contributed by atoms with Crippen molar-refractivity contribution in [1.29, 1.82) is 0 Å². The van der Waals surface area contributed by atoms with E-state index >= 15 is 0 Å². The zero-order valence-electron chi connectivity index (χ0n) is 10.8.